The van der Waals surface area contributed by atoms with Crippen LogP contribution in [-0.2, 0) is 13.1 Å². The molecule has 0 saturated carbocycles. The van der Waals surface area contributed by atoms with Crippen molar-refractivity contribution in [3.05, 3.63) is 94.7 Å². The first-order valence-corrected chi connectivity index (χ1v) is 9.38. The van der Waals surface area contributed by atoms with Crippen molar-refractivity contribution in [1.82, 2.24) is 15.2 Å². The molecule has 0 atom stereocenters. The maximum atomic E-state index is 12.8. The maximum Gasteiger partial charge on any atom is 0.261 e. The molecule has 30 heavy (non-hydrogen) atoms. The van der Waals surface area contributed by atoms with Crippen LogP contribution in [0.1, 0.15) is 42.2 Å². The highest BCUT2D eigenvalue weighted by atomic mass is 16.5. The molecule has 0 radical (unpaired) electrons. The summed E-state index contributed by atoms with van der Waals surface area (Å²) in [6.07, 6.45) is 1.60. The monoisotopic (exact) mass is 401 g/mol. The number of methoxy groups -OCH3 is 1. The smallest absolute Gasteiger partial charge is 0.261 e. The van der Waals surface area contributed by atoms with Crippen molar-refractivity contribution in [1.29, 1.82) is 0 Å². The molecule has 2 aromatic carbocycles. The standard InChI is InChI=1S/C23H19N3O4/c1-30-20-11-16(9-10-24-20)13-25-21(27)17-7-8-18-19(12-17)23(29)26(22(18)28)14-15-5-3-2-4-6-15/h2-12H,13-14H2,1H3,(H,25,27). The molecule has 2 heterocycles. The second-order valence-corrected chi connectivity index (χ2v) is 6.83. The number of amides is 3. The Morgan fingerprint density at radius 3 is 2.50 bits per heavy atom. The van der Waals surface area contributed by atoms with Gasteiger partial charge in [-0.3, -0.25) is 19.3 Å². The van der Waals surface area contributed by atoms with E-state index in [1.54, 1.807) is 24.4 Å². The second kappa shape index (κ2) is 8.16. The zero-order valence-electron chi connectivity index (χ0n) is 16.3. The van der Waals surface area contributed by atoms with Crippen molar-refractivity contribution in [2.45, 2.75) is 13.1 Å². The van der Waals surface area contributed by atoms with E-state index in [1.165, 1.54) is 24.1 Å². The third kappa shape index (κ3) is 3.77. The number of benzene rings is 2. The minimum atomic E-state index is -0.396. The van der Waals surface area contributed by atoms with E-state index in [-0.39, 0.29) is 30.5 Å². The summed E-state index contributed by atoms with van der Waals surface area (Å²) in [5.41, 5.74) is 2.56. The average molecular weight is 401 g/mol. The van der Waals surface area contributed by atoms with Gasteiger partial charge in [0.1, 0.15) is 0 Å². The van der Waals surface area contributed by atoms with Gasteiger partial charge < -0.3 is 10.1 Å². The molecule has 1 N–H and O–H groups in total. The van der Waals surface area contributed by atoms with Gasteiger partial charge in [0.15, 0.2) is 0 Å². The van der Waals surface area contributed by atoms with E-state index < -0.39 is 5.91 Å². The molecule has 0 aliphatic carbocycles. The molecule has 3 amide bonds. The number of pyridine rings is 1. The number of carbonyl (C=O) groups excluding carboxylic acids is 3. The van der Waals surface area contributed by atoms with Gasteiger partial charge in [-0.2, -0.15) is 0 Å². The number of hydrogen-bond donors (Lipinski definition) is 1. The molecule has 1 aliphatic heterocycles. The Balaban J connectivity index is 1.48. The summed E-state index contributed by atoms with van der Waals surface area (Å²) in [5, 5.41) is 2.80. The minimum Gasteiger partial charge on any atom is -0.481 e. The maximum absolute atomic E-state index is 12.8. The molecule has 0 bridgehead atoms. The van der Waals surface area contributed by atoms with Gasteiger partial charge in [0.25, 0.3) is 17.7 Å². The Hall–Kier alpha value is -4.00. The minimum absolute atomic E-state index is 0.193. The van der Waals surface area contributed by atoms with Crippen LogP contribution in [0.15, 0.2) is 66.9 Å². The van der Waals surface area contributed by atoms with Crippen molar-refractivity contribution < 1.29 is 19.1 Å². The van der Waals surface area contributed by atoms with E-state index in [0.29, 0.717) is 17.0 Å². The molecular weight excluding hydrogens is 382 g/mol. The van der Waals surface area contributed by atoms with Gasteiger partial charge in [0.05, 0.1) is 24.8 Å². The largest absolute Gasteiger partial charge is 0.481 e. The van der Waals surface area contributed by atoms with Gasteiger partial charge in [0, 0.05) is 24.4 Å². The SMILES string of the molecule is COc1cc(CNC(=O)c2ccc3c(c2)C(=O)N(Cc2ccccc2)C3=O)ccn1. The quantitative estimate of drug-likeness (QED) is 0.642. The van der Waals surface area contributed by atoms with E-state index in [0.717, 1.165) is 11.1 Å². The van der Waals surface area contributed by atoms with Gasteiger partial charge >= 0.3 is 0 Å². The number of imide groups is 1. The normalized spacial score (nSPS) is 12.6. The van der Waals surface area contributed by atoms with Crippen molar-refractivity contribution in [2.24, 2.45) is 0 Å². The molecule has 0 unspecified atom stereocenters. The summed E-state index contributed by atoms with van der Waals surface area (Å²) >= 11 is 0. The number of carbonyl (C=O) groups is 3. The molecule has 1 aliphatic rings. The molecule has 4 rings (SSSR count). The first-order chi connectivity index (χ1) is 14.6. The molecule has 7 nitrogen and oxygen atoms in total. The molecular formula is C23H19N3O4. The highest BCUT2D eigenvalue weighted by molar-refractivity contribution is 6.22. The lowest BCUT2D eigenvalue weighted by atomic mass is 10.1. The number of rotatable bonds is 6. The fraction of sp³-hybridized carbons (Fsp3) is 0.130. The molecule has 7 heteroatoms. The fourth-order valence-electron chi connectivity index (χ4n) is 3.30. The third-order valence-electron chi connectivity index (χ3n) is 4.88. The van der Waals surface area contributed by atoms with Crippen LogP contribution in [0.25, 0.3) is 0 Å². The van der Waals surface area contributed by atoms with Crippen molar-refractivity contribution >= 4 is 17.7 Å². The van der Waals surface area contributed by atoms with Gasteiger partial charge in [-0.15, -0.1) is 0 Å². The summed E-state index contributed by atoms with van der Waals surface area (Å²) in [7, 11) is 1.52. The van der Waals surface area contributed by atoms with Crippen LogP contribution in [0.3, 0.4) is 0 Å². The highest BCUT2D eigenvalue weighted by Crippen LogP contribution is 2.25. The number of nitrogens with zero attached hydrogens (tertiary/aromatic N) is 2. The predicted octanol–water partition coefficient (Wildman–Crippen LogP) is 2.82. The summed E-state index contributed by atoms with van der Waals surface area (Å²) in [6, 6.07) is 17.4. The predicted molar refractivity (Wildman–Crippen MR) is 109 cm³/mol. The molecule has 0 saturated heterocycles. The van der Waals surface area contributed by atoms with Gasteiger partial charge in [0.2, 0.25) is 5.88 Å². The number of fused-ring (bicyclic) bond motifs is 1. The first kappa shape index (κ1) is 19.3. The number of aromatic nitrogens is 1. The Labute approximate surface area is 173 Å². The zero-order chi connectivity index (χ0) is 21.1. The molecule has 3 aromatic rings. The lowest BCUT2D eigenvalue weighted by Gasteiger charge is -2.13. The zero-order valence-corrected chi connectivity index (χ0v) is 16.3. The van der Waals surface area contributed by atoms with Crippen molar-refractivity contribution in [2.75, 3.05) is 7.11 Å². The second-order valence-electron chi connectivity index (χ2n) is 6.83. The lowest BCUT2D eigenvalue weighted by molar-refractivity contribution is 0.0642. The lowest BCUT2D eigenvalue weighted by Crippen LogP contribution is -2.29. The Morgan fingerprint density at radius 1 is 0.967 bits per heavy atom. The molecule has 1 aromatic heterocycles. The first-order valence-electron chi connectivity index (χ1n) is 9.38. The van der Waals surface area contributed by atoms with Crippen molar-refractivity contribution in [3.8, 4) is 5.88 Å². The van der Waals surface area contributed by atoms with Gasteiger partial charge in [-0.1, -0.05) is 30.3 Å². The summed E-state index contributed by atoms with van der Waals surface area (Å²) in [4.78, 5) is 43.2. The summed E-state index contributed by atoms with van der Waals surface area (Å²) in [5.74, 6) is -0.626. The molecule has 0 fully saturated rings. The van der Waals surface area contributed by atoms with Crippen LogP contribution in [0.2, 0.25) is 0 Å². The van der Waals surface area contributed by atoms with E-state index in [1.807, 2.05) is 30.3 Å². The highest BCUT2D eigenvalue weighted by Gasteiger charge is 2.35. The third-order valence-corrected chi connectivity index (χ3v) is 4.88. The van der Waals surface area contributed by atoms with E-state index in [2.05, 4.69) is 10.3 Å². The topological polar surface area (TPSA) is 88.6 Å². The number of nitrogens with one attached hydrogen (secondary N) is 1. The molecule has 150 valence electrons. The summed E-state index contributed by atoms with van der Waals surface area (Å²) in [6.45, 7) is 0.473. The number of hydrogen-bond acceptors (Lipinski definition) is 5. The molecule has 0 spiro atoms. The van der Waals surface area contributed by atoms with E-state index in [9.17, 15) is 14.4 Å². The van der Waals surface area contributed by atoms with Gasteiger partial charge in [-0.25, -0.2) is 4.98 Å². The Bertz CT molecular complexity index is 1130. The average Bonchev–Trinajstić information content (AvgIpc) is 3.02. The van der Waals surface area contributed by atoms with Crippen LogP contribution in [0.4, 0.5) is 0 Å². The van der Waals surface area contributed by atoms with Crippen LogP contribution in [-0.4, -0.2) is 34.7 Å². The van der Waals surface area contributed by atoms with Crippen LogP contribution < -0.4 is 10.1 Å². The van der Waals surface area contributed by atoms with E-state index >= 15 is 0 Å². The van der Waals surface area contributed by atoms with E-state index in [4.69, 9.17) is 4.74 Å². The summed E-state index contributed by atoms with van der Waals surface area (Å²) < 4.78 is 5.07. The van der Waals surface area contributed by atoms with Gasteiger partial charge in [-0.05, 0) is 35.4 Å². The Kier molecular flexibility index (Phi) is 5.26. The van der Waals surface area contributed by atoms with Crippen LogP contribution in [0.5, 0.6) is 5.88 Å². The van der Waals surface area contributed by atoms with Crippen LogP contribution in [0, 0.1) is 0 Å². The van der Waals surface area contributed by atoms with Crippen LogP contribution >= 0.6 is 0 Å². The van der Waals surface area contributed by atoms with Crippen molar-refractivity contribution in [3.63, 3.8) is 0 Å². The number of ether oxygens (including phenoxy) is 1. The fourth-order valence-corrected chi connectivity index (χ4v) is 3.30. The Morgan fingerprint density at radius 2 is 1.73 bits per heavy atom.